The van der Waals surface area contributed by atoms with E-state index in [-0.39, 0.29) is 17.8 Å². The van der Waals surface area contributed by atoms with E-state index < -0.39 is 6.43 Å². The molecule has 0 nitrogen and oxygen atoms in total. The molecule has 0 N–H and O–H groups in total. The van der Waals surface area contributed by atoms with E-state index in [1.807, 2.05) is 20.8 Å². The summed E-state index contributed by atoms with van der Waals surface area (Å²) in [6, 6.07) is 0. The van der Waals surface area contributed by atoms with Crippen LogP contribution in [0.3, 0.4) is 0 Å². The minimum absolute atomic E-state index is 0.0179. The van der Waals surface area contributed by atoms with Crippen molar-refractivity contribution in [3.05, 3.63) is 0 Å². The van der Waals surface area contributed by atoms with E-state index in [0.717, 1.165) is 0 Å². The van der Waals surface area contributed by atoms with Gasteiger partial charge in [0.1, 0.15) is 0 Å². The maximum absolute atomic E-state index is 12.1. The van der Waals surface area contributed by atoms with Crippen molar-refractivity contribution in [2.24, 2.45) is 11.3 Å². The average molecular weight is 229 g/mol. The maximum atomic E-state index is 12.1. The molecular weight excluding hydrogens is 214 g/mol. The summed E-state index contributed by atoms with van der Waals surface area (Å²) in [6.07, 6.45) is -2.21. The van der Waals surface area contributed by atoms with Gasteiger partial charge in [-0.3, -0.25) is 0 Å². The summed E-state index contributed by atoms with van der Waals surface area (Å²) in [5.41, 5.74) is -0.270. The first-order valence-corrected chi connectivity index (χ1v) is 4.88. The molecule has 0 aromatic heterocycles. The van der Waals surface area contributed by atoms with Gasteiger partial charge in [-0.1, -0.05) is 36.7 Å². The van der Waals surface area contributed by atoms with Crippen molar-refractivity contribution in [1.29, 1.82) is 0 Å². The number of halogens is 3. The van der Waals surface area contributed by atoms with Gasteiger partial charge >= 0.3 is 0 Å². The van der Waals surface area contributed by atoms with E-state index in [4.69, 9.17) is 0 Å². The zero-order valence-electron chi connectivity index (χ0n) is 7.20. The zero-order chi connectivity index (χ0) is 9.07. The first-order valence-electron chi connectivity index (χ1n) is 3.76. The Balaban J connectivity index is 4.10. The van der Waals surface area contributed by atoms with Crippen molar-refractivity contribution >= 4 is 15.9 Å². The van der Waals surface area contributed by atoms with Gasteiger partial charge in [0, 0.05) is 11.8 Å². The Morgan fingerprint density at radius 1 is 1.36 bits per heavy atom. The molecule has 0 aromatic carbocycles. The lowest BCUT2D eigenvalue weighted by atomic mass is 9.78. The summed E-state index contributed by atoms with van der Waals surface area (Å²) in [7, 11) is 0. The van der Waals surface area contributed by atoms with E-state index >= 15 is 0 Å². The highest BCUT2D eigenvalue weighted by Crippen LogP contribution is 2.35. The molecule has 3 heteroatoms. The molecule has 0 aliphatic rings. The van der Waals surface area contributed by atoms with Gasteiger partial charge in [-0.2, -0.15) is 0 Å². The summed E-state index contributed by atoms with van der Waals surface area (Å²) in [6.45, 7) is 5.84. The molecule has 0 aromatic rings. The molecule has 0 aliphatic heterocycles. The van der Waals surface area contributed by atoms with Crippen LogP contribution in [0.4, 0.5) is 8.78 Å². The smallest absolute Gasteiger partial charge is 0.211 e. The second kappa shape index (κ2) is 4.39. The molecule has 0 spiro atoms. The Hall–Kier alpha value is 0.340. The SMILES string of the molecule is CC(C)C(C)(CBr)CC(F)F. The van der Waals surface area contributed by atoms with E-state index in [9.17, 15) is 8.78 Å². The first kappa shape index (κ1) is 11.3. The van der Waals surface area contributed by atoms with Crippen LogP contribution in [0.25, 0.3) is 0 Å². The highest BCUT2D eigenvalue weighted by atomic mass is 79.9. The standard InChI is InChI=1S/C8H15BrF2/c1-6(2)8(3,5-9)4-7(10)11/h6-7H,4-5H2,1-3H3. The lowest BCUT2D eigenvalue weighted by Gasteiger charge is -2.31. The van der Waals surface area contributed by atoms with E-state index in [1.165, 1.54) is 0 Å². The average Bonchev–Trinajstić information content (AvgIpc) is 1.86. The molecule has 0 saturated heterocycles. The summed E-state index contributed by atoms with van der Waals surface area (Å²) in [4.78, 5) is 0. The number of hydrogen-bond acceptors (Lipinski definition) is 0. The van der Waals surface area contributed by atoms with Gasteiger partial charge in [-0.15, -0.1) is 0 Å². The normalized spacial score (nSPS) is 17.5. The highest BCUT2D eigenvalue weighted by Gasteiger charge is 2.30. The topological polar surface area (TPSA) is 0 Å². The molecule has 1 atom stereocenters. The Kier molecular flexibility index (Phi) is 4.52. The highest BCUT2D eigenvalue weighted by molar-refractivity contribution is 9.09. The van der Waals surface area contributed by atoms with Gasteiger partial charge in [-0.25, -0.2) is 8.78 Å². The third-order valence-corrected chi connectivity index (χ3v) is 3.60. The fourth-order valence-electron chi connectivity index (χ4n) is 0.797. The molecule has 0 heterocycles. The van der Waals surface area contributed by atoms with Crippen LogP contribution in [0.15, 0.2) is 0 Å². The molecule has 1 unspecified atom stereocenters. The van der Waals surface area contributed by atoms with Crippen LogP contribution < -0.4 is 0 Å². The Labute approximate surface area is 75.5 Å². The first-order chi connectivity index (χ1) is 4.92. The summed E-state index contributed by atoms with van der Waals surface area (Å²) < 4.78 is 24.1. The van der Waals surface area contributed by atoms with Crippen LogP contribution in [0.1, 0.15) is 27.2 Å². The van der Waals surface area contributed by atoms with E-state index in [0.29, 0.717) is 5.33 Å². The van der Waals surface area contributed by atoms with Crippen molar-refractivity contribution < 1.29 is 8.78 Å². The summed E-state index contributed by atoms with van der Waals surface area (Å²) in [5.74, 6) is 0.288. The van der Waals surface area contributed by atoms with Crippen LogP contribution in [0.5, 0.6) is 0 Å². The minimum atomic E-state index is -2.19. The van der Waals surface area contributed by atoms with Gasteiger partial charge in [0.15, 0.2) is 0 Å². The number of rotatable bonds is 4. The number of alkyl halides is 3. The van der Waals surface area contributed by atoms with E-state index in [1.54, 1.807) is 0 Å². The predicted molar refractivity (Wildman–Crippen MR) is 47.4 cm³/mol. The van der Waals surface area contributed by atoms with Crippen LogP contribution in [-0.2, 0) is 0 Å². The Morgan fingerprint density at radius 2 is 1.82 bits per heavy atom. The Bertz CT molecular complexity index is 115. The molecule has 0 rings (SSSR count). The minimum Gasteiger partial charge on any atom is -0.211 e. The molecule has 68 valence electrons. The summed E-state index contributed by atoms with van der Waals surface area (Å²) >= 11 is 3.27. The van der Waals surface area contributed by atoms with Gasteiger partial charge in [0.05, 0.1) is 0 Å². The summed E-state index contributed by atoms with van der Waals surface area (Å²) in [5, 5.41) is 0.641. The van der Waals surface area contributed by atoms with Gasteiger partial charge in [-0.05, 0) is 11.3 Å². The molecule has 0 saturated carbocycles. The second-order valence-electron chi connectivity index (χ2n) is 3.54. The van der Waals surface area contributed by atoms with Crippen molar-refractivity contribution in [2.75, 3.05) is 5.33 Å². The van der Waals surface area contributed by atoms with Crippen molar-refractivity contribution in [1.82, 2.24) is 0 Å². The van der Waals surface area contributed by atoms with Crippen LogP contribution in [0, 0.1) is 11.3 Å². The predicted octanol–water partition coefficient (Wildman–Crippen LogP) is 3.70. The molecule has 0 bridgehead atoms. The lowest BCUT2D eigenvalue weighted by Crippen LogP contribution is -2.27. The Morgan fingerprint density at radius 3 is 1.91 bits per heavy atom. The fourth-order valence-corrected chi connectivity index (χ4v) is 1.67. The second-order valence-corrected chi connectivity index (χ2v) is 4.10. The molecule has 0 radical (unpaired) electrons. The molecular formula is C8H15BrF2. The van der Waals surface area contributed by atoms with Crippen molar-refractivity contribution in [3.8, 4) is 0 Å². The monoisotopic (exact) mass is 228 g/mol. The van der Waals surface area contributed by atoms with Gasteiger partial charge in [0.25, 0.3) is 0 Å². The number of hydrogen-bond donors (Lipinski definition) is 0. The van der Waals surface area contributed by atoms with Crippen LogP contribution in [0.2, 0.25) is 0 Å². The lowest BCUT2D eigenvalue weighted by molar-refractivity contribution is 0.0687. The molecule has 0 aliphatic carbocycles. The van der Waals surface area contributed by atoms with Crippen LogP contribution in [-0.4, -0.2) is 11.8 Å². The fraction of sp³-hybridized carbons (Fsp3) is 1.00. The molecule has 0 amide bonds. The van der Waals surface area contributed by atoms with Gasteiger partial charge < -0.3 is 0 Å². The third-order valence-electron chi connectivity index (χ3n) is 2.32. The molecule has 0 fully saturated rings. The van der Waals surface area contributed by atoms with Gasteiger partial charge in [0.2, 0.25) is 6.43 Å². The molecule has 11 heavy (non-hydrogen) atoms. The van der Waals surface area contributed by atoms with Crippen LogP contribution >= 0.6 is 15.9 Å². The van der Waals surface area contributed by atoms with Crippen molar-refractivity contribution in [2.45, 2.75) is 33.6 Å². The maximum Gasteiger partial charge on any atom is 0.239 e. The van der Waals surface area contributed by atoms with Crippen molar-refractivity contribution in [3.63, 3.8) is 0 Å². The zero-order valence-corrected chi connectivity index (χ0v) is 8.79. The largest absolute Gasteiger partial charge is 0.239 e. The third kappa shape index (κ3) is 3.50. The van der Waals surface area contributed by atoms with E-state index in [2.05, 4.69) is 15.9 Å². The quantitative estimate of drug-likeness (QED) is 0.645.